The molecular weight excluding hydrogens is 473 g/mol. The molecule has 4 aromatic rings. The number of carbonyl (C=O) groups is 3. The Kier molecular flexibility index (Phi) is 5.59. The summed E-state index contributed by atoms with van der Waals surface area (Å²) in [5.74, 6) is -1.41. The van der Waals surface area contributed by atoms with Gasteiger partial charge in [0.25, 0.3) is 5.91 Å². The maximum Gasteiger partial charge on any atom is 0.409 e. The normalized spacial score (nSPS) is 13.5. The monoisotopic (exact) mass is 493 g/mol. The highest BCUT2D eigenvalue weighted by atomic mass is 19.1. The number of nitrogens with two attached hydrogens (primary N) is 1. The van der Waals surface area contributed by atoms with Crippen molar-refractivity contribution in [1.29, 1.82) is 0 Å². The number of methoxy groups -OCH3 is 1. The average molecular weight is 493 g/mol. The van der Waals surface area contributed by atoms with Crippen molar-refractivity contribution in [2.45, 2.75) is 12.8 Å². The summed E-state index contributed by atoms with van der Waals surface area (Å²) in [7, 11) is 1.30. The molecule has 0 bridgehead atoms. The van der Waals surface area contributed by atoms with Gasteiger partial charge in [0.2, 0.25) is 17.6 Å². The third-order valence-electron chi connectivity index (χ3n) is 5.99. The van der Waals surface area contributed by atoms with Crippen LogP contribution in [0, 0.1) is 12.7 Å². The molecule has 3 N–H and O–H groups in total. The maximum atomic E-state index is 14.8. The molecule has 0 aliphatic carbocycles. The molecule has 1 aromatic carbocycles. The Morgan fingerprint density at radius 3 is 2.75 bits per heavy atom. The van der Waals surface area contributed by atoms with Gasteiger partial charge in [-0.3, -0.25) is 14.0 Å². The molecule has 4 heterocycles. The Balaban J connectivity index is 1.37. The molecule has 5 rings (SSSR count). The average Bonchev–Trinajstić information content (AvgIpc) is 3.48. The highest BCUT2D eigenvalue weighted by Gasteiger charge is 2.36. The number of pyridine rings is 1. The number of imidazole rings is 1. The van der Waals surface area contributed by atoms with Crippen LogP contribution in [0.5, 0.6) is 0 Å². The van der Waals surface area contributed by atoms with Crippen molar-refractivity contribution < 1.29 is 28.0 Å². The van der Waals surface area contributed by atoms with E-state index in [2.05, 4.69) is 25.2 Å². The van der Waals surface area contributed by atoms with Crippen LogP contribution < -0.4 is 11.1 Å². The number of primary amides is 1. The lowest BCUT2D eigenvalue weighted by atomic mass is 10.0. The van der Waals surface area contributed by atoms with Crippen LogP contribution in [0.2, 0.25) is 0 Å². The van der Waals surface area contributed by atoms with Crippen LogP contribution in [-0.4, -0.2) is 62.5 Å². The van der Waals surface area contributed by atoms with E-state index in [1.165, 1.54) is 53.9 Å². The minimum atomic E-state index is -0.614. The summed E-state index contributed by atoms with van der Waals surface area (Å²) in [5, 5.41) is 6.63. The van der Waals surface area contributed by atoms with E-state index in [0.29, 0.717) is 30.2 Å². The van der Waals surface area contributed by atoms with Gasteiger partial charge in [-0.05, 0) is 31.2 Å². The molecule has 3 aromatic heterocycles. The minimum Gasteiger partial charge on any atom is -0.453 e. The number of hydrogen-bond acceptors (Lipinski definition) is 8. The van der Waals surface area contributed by atoms with Crippen LogP contribution >= 0.6 is 0 Å². The van der Waals surface area contributed by atoms with E-state index >= 15 is 0 Å². The number of ether oxygens (including phenoxy) is 1. The first-order valence-electron chi connectivity index (χ1n) is 10.8. The van der Waals surface area contributed by atoms with Crippen molar-refractivity contribution in [3.63, 3.8) is 0 Å². The predicted octanol–water partition coefficient (Wildman–Crippen LogP) is 2.35. The smallest absolute Gasteiger partial charge is 0.409 e. The van der Waals surface area contributed by atoms with Gasteiger partial charge >= 0.3 is 6.09 Å². The molecule has 1 aliphatic heterocycles. The third-order valence-corrected chi connectivity index (χ3v) is 5.99. The molecule has 36 heavy (non-hydrogen) atoms. The number of carbonyl (C=O) groups excluding carboxylic acids is 3. The second-order valence-electron chi connectivity index (χ2n) is 8.26. The fourth-order valence-corrected chi connectivity index (χ4v) is 3.86. The van der Waals surface area contributed by atoms with Gasteiger partial charge in [0, 0.05) is 41.7 Å². The summed E-state index contributed by atoms with van der Waals surface area (Å²) < 4.78 is 26.2. The van der Waals surface area contributed by atoms with E-state index in [1.54, 1.807) is 6.07 Å². The van der Waals surface area contributed by atoms with Gasteiger partial charge in [-0.2, -0.15) is 4.98 Å². The summed E-state index contributed by atoms with van der Waals surface area (Å²) in [6.07, 6.45) is 2.41. The number of nitrogens with zero attached hydrogens (tertiary/aromatic N) is 5. The van der Waals surface area contributed by atoms with Crippen molar-refractivity contribution in [3.8, 4) is 11.4 Å². The van der Waals surface area contributed by atoms with Crippen LogP contribution in [0.3, 0.4) is 0 Å². The molecule has 13 heteroatoms. The molecule has 1 fully saturated rings. The molecule has 0 saturated carbocycles. The van der Waals surface area contributed by atoms with Gasteiger partial charge in [0.1, 0.15) is 17.2 Å². The van der Waals surface area contributed by atoms with Crippen molar-refractivity contribution in [1.82, 2.24) is 24.4 Å². The summed E-state index contributed by atoms with van der Waals surface area (Å²) in [6.45, 7) is 2.27. The zero-order chi connectivity index (χ0) is 25.6. The molecule has 0 atom stereocenters. The van der Waals surface area contributed by atoms with Gasteiger partial charge in [-0.1, -0.05) is 5.16 Å². The summed E-state index contributed by atoms with van der Waals surface area (Å²) in [6, 6.07) is 5.73. The third kappa shape index (κ3) is 4.00. The molecule has 1 aliphatic rings. The number of anilines is 1. The van der Waals surface area contributed by atoms with Crippen LogP contribution in [0.25, 0.3) is 17.0 Å². The number of aromatic nitrogens is 4. The number of halogens is 1. The minimum absolute atomic E-state index is 0.143. The Labute approximate surface area is 202 Å². The lowest BCUT2D eigenvalue weighted by Gasteiger charge is -2.35. The molecule has 0 spiro atoms. The highest BCUT2D eigenvalue weighted by molar-refractivity contribution is 6.04. The van der Waals surface area contributed by atoms with Gasteiger partial charge in [0.15, 0.2) is 0 Å². The molecule has 12 nitrogen and oxygen atoms in total. The number of benzene rings is 1. The summed E-state index contributed by atoms with van der Waals surface area (Å²) in [5.41, 5.74) is 6.81. The van der Waals surface area contributed by atoms with Gasteiger partial charge in [0.05, 0.1) is 19.2 Å². The van der Waals surface area contributed by atoms with Gasteiger partial charge < -0.3 is 25.2 Å². The maximum absolute atomic E-state index is 14.8. The predicted molar refractivity (Wildman–Crippen MR) is 123 cm³/mol. The van der Waals surface area contributed by atoms with E-state index < -0.39 is 23.7 Å². The van der Waals surface area contributed by atoms with Crippen molar-refractivity contribution in [2.24, 2.45) is 5.73 Å². The van der Waals surface area contributed by atoms with Crippen molar-refractivity contribution in [3.05, 3.63) is 65.2 Å². The molecule has 0 unspecified atom stereocenters. The molecule has 184 valence electrons. The van der Waals surface area contributed by atoms with E-state index in [4.69, 9.17) is 10.3 Å². The van der Waals surface area contributed by atoms with Gasteiger partial charge in [-0.25, -0.2) is 14.2 Å². The second-order valence-corrected chi connectivity index (χ2v) is 8.26. The van der Waals surface area contributed by atoms with E-state index in [9.17, 15) is 18.8 Å². The molecule has 1 saturated heterocycles. The van der Waals surface area contributed by atoms with Crippen molar-refractivity contribution in [2.75, 3.05) is 25.5 Å². The van der Waals surface area contributed by atoms with E-state index in [0.717, 1.165) is 0 Å². The standard InChI is InChI=1S/C23H20FN7O5/c1-11-15(24)5-13(20-28-22(36-29-20)14-9-30(10-14)23(34)35-2)6-16(11)27-21(33)17-8-26-18-7-12(19(25)32)3-4-31(17)18/h3-8,14H,9-10H2,1-2H3,(H2,25,32)(H,27,33). The fraction of sp³-hybridized carbons (Fsp3) is 0.217. The quantitative estimate of drug-likeness (QED) is 0.429. The topological polar surface area (TPSA) is 158 Å². The first-order chi connectivity index (χ1) is 17.2. The Bertz CT molecular complexity index is 1520. The molecule has 0 radical (unpaired) electrons. The number of likely N-dealkylation sites (tertiary alicyclic amines) is 1. The molecular formula is C23H20FN7O5. The number of amides is 3. The van der Waals surface area contributed by atoms with E-state index in [-0.39, 0.29) is 34.3 Å². The second kappa shape index (κ2) is 8.76. The summed E-state index contributed by atoms with van der Waals surface area (Å²) >= 11 is 0. The Morgan fingerprint density at radius 1 is 1.25 bits per heavy atom. The number of rotatable bonds is 5. The van der Waals surface area contributed by atoms with Crippen molar-refractivity contribution >= 4 is 29.2 Å². The van der Waals surface area contributed by atoms with Crippen LogP contribution in [-0.2, 0) is 4.74 Å². The Hall–Kier alpha value is -4.81. The lowest BCUT2D eigenvalue weighted by Crippen LogP contribution is -2.48. The fourth-order valence-electron chi connectivity index (χ4n) is 3.86. The first kappa shape index (κ1) is 23.0. The largest absolute Gasteiger partial charge is 0.453 e. The van der Waals surface area contributed by atoms with E-state index in [1.807, 2.05) is 0 Å². The van der Waals surface area contributed by atoms with Crippen LogP contribution in [0.15, 0.2) is 41.2 Å². The first-order valence-corrected chi connectivity index (χ1v) is 10.8. The zero-order valence-electron chi connectivity index (χ0n) is 19.2. The highest BCUT2D eigenvalue weighted by Crippen LogP contribution is 2.30. The van der Waals surface area contributed by atoms with Crippen LogP contribution in [0.1, 0.15) is 38.2 Å². The molecule has 3 amide bonds. The number of nitrogens with one attached hydrogen (secondary N) is 1. The zero-order valence-corrected chi connectivity index (χ0v) is 19.2. The van der Waals surface area contributed by atoms with Crippen LogP contribution in [0.4, 0.5) is 14.9 Å². The Morgan fingerprint density at radius 2 is 2.03 bits per heavy atom. The van der Waals surface area contributed by atoms with Gasteiger partial charge in [-0.15, -0.1) is 0 Å². The SMILES string of the molecule is COC(=O)N1CC(c2nc(-c3cc(F)c(C)c(NC(=O)c4cnc5cc(C(N)=O)ccn45)c3)no2)C1. The lowest BCUT2D eigenvalue weighted by molar-refractivity contribution is 0.0804. The number of hydrogen-bond donors (Lipinski definition) is 2. The number of fused-ring (bicyclic) bond motifs is 1. The summed E-state index contributed by atoms with van der Waals surface area (Å²) in [4.78, 5) is 45.9.